The number of carbonyl (C=O) groups excluding carboxylic acids is 1. The van der Waals surface area contributed by atoms with Crippen molar-refractivity contribution in [2.24, 2.45) is 0 Å². The zero-order valence-electron chi connectivity index (χ0n) is 12.7. The first-order valence-corrected chi connectivity index (χ1v) is 6.88. The number of carboxylic acid groups (broad SMARTS) is 1. The van der Waals surface area contributed by atoms with Crippen LogP contribution in [0.25, 0.3) is 0 Å². The third-order valence-electron chi connectivity index (χ3n) is 3.59. The molecule has 2 rings (SSSR count). The molecule has 0 aliphatic rings. The van der Waals surface area contributed by atoms with E-state index in [-0.39, 0.29) is 12.3 Å². The number of carbonyl (C=O) groups is 2. The normalized spacial score (nSPS) is 12.0. The van der Waals surface area contributed by atoms with Gasteiger partial charge in [-0.25, -0.2) is 4.68 Å². The van der Waals surface area contributed by atoms with Crippen molar-refractivity contribution < 1.29 is 14.7 Å². The Morgan fingerprint density at radius 1 is 1.36 bits per heavy atom. The third-order valence-corrected chi connectivity index (χ3v) is 3.59. The van der Waals surface area contributed by atoms with Gasteiger partial charge in [0.2, 0.25) is 5.91 Å². The van der Waals surface area contributed by atoms with Crippen molar-refractivity contribution in [3.63, 3.8) is 0 Å². The van der Waals surface area contributed by atoms with Crippen LogP contribution in [0.2, 0.25) is 0 Å². The van der Waals surface area contributed by atoms with Crippen LogP contribution in [-0.2, 0) is 16.0 Å². The molecule has 2 N–H and O–H groups in total. The van der Waals surface area contributed by atoms with Gasteiger partial charge in [-0.3, -0.25) is 9.59 Å². The summed E-state index contributed by atoms with van der Waals surface area (Å²) in [5, 5.41) is 19.2. The van der Waals surface area contributed by atoms with Crippen LogP contribution in [0.1, 0.15) is 29.8 Å². The lowest BCUT2D eigenvalue weighted by molar-refractivity contribution is -0.136. The lowest BCUT2D eigenvalue weighted by Crippen LogP contribution is -2.26. The highest BCUT2D eigenvalue weighted by atomic mass is 16.4. The maximum atomic E-state index is 12.4. The van der Waals surface area contributed by atoms with Gasteiger partial charge < -0.3 is 10.4 Å². The van der Waals surface area contributed by atoms with Gasteiger partial charge in [-0.05, 0) is 38.0 Å². The van der Waals surface area contributed by atoms with Crippen molar-refractivity contribution in [2.75, 3.05) is 5.32 Å². The number of rotatable bonds is 5. The molecule has 0 spiro atoms. The van der Waals surface area contributed by atoms with Gasteiger partial charge in [0.05, 0.1) is 18.3 Å². The molecule has 1 aromatic carbocycles. The van der Waals surface area contributed by atoms with Crippen molar-refractivity contribution >= 4 is 17.6 Å². The molecule has 0 aliphatic heterocycles. The zero-order valence-corrected chi connectivity index (χ0v) is 12.7. The van der Waals surface area contributed by atoms with Crippen LogP contribution in [0.4, 0.5) is 5.69 Å². The molecule has 2 aromatic rings. The molecule has 22 heavy (non-hydrogen) atoms. The molecule has 0 bridgehead atoms. The molecular weight excluding hydrogens is 284 g/mol. The summed E-state index contributed by atoms with van der Waals surface area (Å²) in [6.45, 7) is 5.55. The SMILES string of the molecule is Cc1cccc(NC(=O)C(C)n2nncc2CC(=O)O)c1C. The number of aliphatic carboxylic acids is 1. The van der Waals surface area contributed by atoms with Crippen molar-refractivity contribution in [1.82, 2.24) is 15.0 Å². The second-order valence-corrected chi connectivity index (χ2v) is 5.15. The summed E-state index contributed by atoms with van der Waals surface area (Å²) >= 11 is 0. The Bertz CT molecular complexity index is 709. The van der Waals surface area contributed by atoms with E-state index < -0.39 is 12.0 Å². The summed E-state index contributed by atoms with van der Waals surface area (Å²) in [5.74, 6) is -1.27. The Balaban J connectivity index is 2.18. The minimum Gasteiger partial charge on any atom is -0.481 e. The molecule has 1 unspecified atom stereocenters. The van der Waals surface area contributed by atoms with Gasteiger partial charge in [0.1, 0.15) is 6.04 Å². The Labute approximate surface area is 128 Å². The van der Waals surface area contributed by atoms with Crippen LogP contribution in [0.15, 0.2) is 24.4 Å². The van der Waals surface area contributed by atoms with Gasteiger partial charge in [0.15, 0.2) is 0 Å². The largest absolute Gasteiger partial charge is 0.481 e. The predicted octanol–water partition coefficient (Wildman–Crippen LogP) is 1.72. The minimum atomic E-state index is -0.995. The lowest BCUT2D eigenvalue weighted by Gasteiger charge is -2.16. The number of carboxylic acids is 1. The standard InChI is InChI=1S/C15H18N4O3/c1-9-5-4-6-13(10(9)2)17-15(22)11(3)19-12(7-14(20)21)8-16-18-19/h4-6,8,11H,7H2,1-3H3,(H,17,22)(H,20,21). The highest BCUT2D eigenvalue weighted by Crippen LogP contribution is 2.20. The van der Waals surface area contributed by atoms with E-state index >= 15 is 0 Å². The summed E-state index contributed by atoms with van der Waals surface area (Å²) in [6.07, 6.45) is 1.13. The molecule has 0 radical (unpaired) electrons. The average Bonchev–Trinajstić information content (AvgIpc) is 2.90. The van der Waals surface area contributed by atoms with Crippen LogP contribution in [-0.4, -0.2) is 32.0 Å². The average molecular weight is 302 g/mol. The quantitative estimate of drug-likeness (QED) is 0.876. The smallest absolute Gasteiger partial charge is 0.309 e. The molecule has 1 aromatic heterocycles. The van der Waals surface area contributed by atoms with E-state index in [9.17, 15) is 9.59 Å². The molecule has 116 valence electrons. The summed E-state index contributed by atoms with van der Waals surface area (Å²) in [5.41, 5.74) is 3.19. The van der Waals surface area contributed by atoms with E-state index in [0.717, 1.165) is 16.8 Å². The second kappa shape index (κ2) is 6.38. The molecule has 1 amide bonds. The van der Waals surface area contributed by atoms with Gasteiger partial charge in [0.25, 0.3) is 0 Å². The molecule has 0 aliphatic carbocycles. The van der Waals surface area contributed by atoms with Gasteiger partial charge in [-0.2, -0.15) is 0 Å². The molecule has 1 heterocycles. The molecule has 0 saturated heterocycles. The van der Waals surface area contributed by atoms with E-state index in [1.807, 2.05) is 32.0 Å². The fourth-order valence-electron chi connectivity index (χ4n) is 2.11. The van der Waals surface area contributed by atoms with E-state index in [2.05, 4.69) is 15.6 Å². The number of amides is 1. The van der Waals surface area contributed by atoms with E-state index in [1.165, 1.54) is 10.9 Å². The Morgan fingerprint density at radius 2 is 2.09 bits per heavy atom. The topological polar surface area (TPSA) is 97.1 Å². The van der Waals surface area contributed by atoms with Crippen molar-refractivity contribution in [3.05, 3.63) is 41.2 Å². The van der Waals surface area contributed by atoms with Gasteiger partial charge in [-0.15, -0.1) is 5.10 Å². The van der Waals surface area contributed by atoms with Crippen LogP contribution >= 0.6 is 0 Å². The molecule has 0 fully saturated rings. The molecule has 0 saturated carbocycles. The van der Waals surface area contributed by atoms with Crippen LogP contribution in [0.5, 0.6) is 0 Å². The number of hydrogen-bond acceptors (Lipinski definition) is 4. The number of nitrogens with zero attached hydrogens (tertiary/aromatic N) is 3. The maximum Gasteiger partial charge on any atom is 0.309 e. The summed E-state index contributed by atoms with van der Waals surface area (Å²) in [7, 11) is 0. The first-order valence-electron chi connectivity index (χ1n) is 6.88. The van der Waals surface area contributed by atoms with Crippen molar-refractivity contribution in [2.45, 2.75) is 33.2 Å². The molecule has 7 nitrogen and oxygen atoms in total. The zero-order chi connectivity index (χ0) is 16.3. The lowest BCUT2D eigenvalue weighted by atomic mass is 10.1. The van der Waals surface area contributed by atoms with Crippen LogP contribution < -0.4 is 5.32 Å². The van der Waals surface area contributed by atoms with E-state index in [1.54, 1.807) is 6.92 Å². The van der Waals surface area contributed by atoms with Crippen LogP contribution in [0, 0.1) is 13.8 Å². The highest BCUT2D eigenvalue weighted by Gasteiger charge is 2.20. The molecular formula is C15H18N4O3. The Hall–Kier alpha value is -2.70. The summed E-state index contributed by atoms with van der Waals surface area (Å²) < 4.78 is 1.33. The van der Waals surface area contributed by atoms with E-state index in [4.69, 9.17) is 5.11 Å². The monoisotopic (exact) mass is 302 g/mol. The van der Waals surface area contributed by atoms with Crippen LogP contribution in [0.3, 0.4) is 0 Å². The number of anilines is 1. The number of benzene rings is 1. The molecule has 7 heteroatoms. The summed E-state index contributed by atoms with van der Waals surface area (Å²) in [6, 6.07) is 5.01. The third kappa shape index (κ3) is 3.30. The fraction of sp³-hybridized carbons (Fsp3) is 0.333. The number of hydrogen-bond donors (Lipinski definition) is 2. The maximum absolute atomic E-state index is 12.4. The second-order valence-electron chi connectivity index (χ2n) is 5.15. The summed E-state index contributed by atoms with van der Waals surface area (Å²) in [4.78, 5) is 23.2. The van der Waals surface area contributed by atoms with Gasteiger partial charge in [0, 0.05) is 5.69 Å². The van der Waals surface area contributed by atoms with Gasteiger partial charge >= 0.3 is 5.97 Å². The number of aromatic nitrogens is 3. The van der Waals surface area contributed by atoms with E-state index in [0.29, 0.717) is 5.69 Å². The number of aryl methyl sites for hydroxylation is 1. The predicted molar refractivity (Wildman–Crippen MR) is 80.6 cm³/mol. The first kappa shape index (κ1) is 15.7. The Morgan fingerprint density at radius 3 is 2.77 bits per heavy atom. The number of nitrogens with one attached hydrogen (secondary N) is 1. The van der Waals surface area contributed by atoms with Crippen molar-refractivity contribution in [1.29, 1.82) is 0 Å². The Kier molecular flexibility index (Phi) is 4.55. The molecule has 1 atom stereocenters. The fourth-order valence-corrected chi connectivity index (χ4v) is 2.11. The van der Waals surface area contributed by atoms with Gasteiger partial charge in [-0.1, -0.05) is 17.3 Å². The minimum absolute atomic E-state index is 0.228. The first-order chi connectivity index (χ1) is 10.4. The highest BCUT2D eigenvalue weighted by molar-refractivity contribution is 5.94. The van der Waals surface area contributed by atoms with Crippen molar-refractivity contribution in [3.8, 4) is 0 Å².